The van der Waals surface area contributed by atoms with Crippen LogP contribution in [0.4, 0.5) is 23.0 Å². The number of morpholine rings is 1. The number of nitrogens with one attached hydrogen (secondary N) is 2. The van der Waals surface area contributed by atoms with E-state index in [9.17, 15) is 4.79 Å². The molecule has 1 fully saturated rings. The Bertz CT molecular complexity index is 1850. The van der Waals surface area contributed by atoms with Gasteiger partial charge in [0.05, 0.1) is 51.3 Å². The van der Waals surface area contributed by atoms with Crippen molar-refractivity contribution in [2.24, 2.45) is 0 Å². The quantitative estimate of drug-likeness (QED) is 0.277. The Morgan fingerprint density at radius 1 is 1.24 bits per heavy atom. The molecule has 2 aromatic carbocycles. The van der Waals surface area contributed by atoms with Crippen LogP contribution in [0.15, 0.2) is 73.4 Å². The first-order valence-corrected chi connectivity index (χ1v) is 12.7. The van der Waals surface area contributed by atoms with E-state index in [0.717, 1.165) is 10.4 Å². The van der Waals surface area contributed by atoms with Gasteiger partial charge in [0, 0.05) is 56.6 Å². The van der Waals surface area contributed by atoms with Crippen molar-refractivity contribution in [1.29, 1.82) is 0 Å². The summed E-state index contributed by atoms with van der Waals surface area (Å²) in [6, 6.07) is 2.24. The van der Waals surface area contributed by atoms with E-state index in [-0.39, 0.29) is 34.8 Å². The Kier molecular flexibility index (Phi) is 6.21. The van der Waals surface area contributed by atoms with E-state index in [4.69, 9.17) is 19.1 Å². The lowest BCUT2D eigenvalue weighted by atomic mass is 10.1. The molecular formula is C30H34N8O3. The third-order valence-electron chi connectivity index (χ3n) is 6.02. The lowest BCUT2D eigenvalue weighted by molar-refractivity contribution is -0.111. The number of ether oxygens (including phenoxy) is 2. The number of methoxy groups -OCH3 is 1. The van der Waals surface area contributed by atoms with Gasteiger partial charge < -0.3 is 29.9 Å². The van der Waals surface area contributed by atoms with Gasteiger partial charge in [0.25, 0.3) is 0 Å². The summed E-state index contributed by atoms with van der Waals surface area (Å²) in [5.74, 6) is 0.196. The molecule has 2 N–H and O–H groups in total. The van der Waals surface area contributed by atoms with Crippen molar-refractivity contribution in [2.45, 2.75) is 6.52 Å². The van der Waals surface area contributed by atoms with Crippen LogP contribution < -0.4 is 20.3 Å². The van der Waals surface area contributed by atoms with Crippen molar-refractivity contribution in [3.8, 4) is 22.8 Å². The molecule has 5 rings (SSSR count). The minimum absolute atomic E-state index is 0.0228. The molecule has 4 aromatic rings. The zero-order valence-electron chi connectivity index (χ0n) is 29.9. The molecule has 1 unspecified atom stereocenters. The lowest BCUT2D eigenvalue weighted by Gasteiger charge is -2.31. The lowest BCUT2D eigenvalue weighted by Crippen LogP contribution is -2.36. The molecule has 41 heavy (non-hydrogen) atoms. The highest BCUT2D eigenvalue weighted by Crippen LogP contribution is 2.38. The Labute approximate surface area is 249 Å². The predicted molar refractivity (Wildman–Crippen MR) is 160 cm³/mol. The maximum atomic E-state index is 12.3. The summed E-state index contributed by atoms with van der Waals surface area (Å²) in [4.78, 5) is 24.8. The SMILES string of the molecule is [2H]c1c([2H])c([2H])c(-c2nn(-c3ccnc(Nc4cc(NC(=O)C=C)c(N5CCOCC5)cc4OC)n3)c([2H])c2C([2H])N(C)C)c([2H])c1[2H]. The summed E-state index contributed by atoms with van der Waals surface area (Å²) < 4.78 is 71.3. The molecule has 1 saturated heterocycles. The van der Waals surface area contributed by atoms with Crippen molar-refractivity contribution in [1.82, 2.24) is 24.6 Å². The van der Waals surface area contributed by atoms with Gasteiger partial charge in [-0.15, -0.1) is 0 Å². The molecular weight excluding hydrogens is 520 g/mol. The Hall–Kier alpha value is -4.74. The van der Waals surface area contributed by atoms with Gasteiger partial charge in [0.1, 0.15) is 5.75 Å². The maximum Gasteiger partial charge on any atom is 0.247 e. The first-order valence-electron chi connectivity index (χ1n) is 16.3. The second-order valence-electron chi connectivity index (χ2n) is 9.10. The maximum absolute atomic E-state index is 12.3. The molecule has 11 heteroatoms. The number of nitrogens with zero attached hydrogens (tertiary/aromatic N) is 6. The molecule has 212 valence electrons. The molecule has 1 aliphatic rings. The van der Waals surface area contributed by atoms with Gasteiger partial charge in [-0.2, -0.15) is 10.1 Å². The molecule has 11 nitrogen and oxygen atoms in total. The minimum atomic E-state index is -1.17. The van der Waals surface area contributed by atoms with Crippen LogP contribution in [0.5, 0.6) is 5.75 Å². The Morgan fingerprint density at radius 3 is 2.73 bits per heavy atom. The summed E-state index contributed by atoms with van der Waals surface area (Å²) in [7, 11) is 4.75. The molecule has 1 amide bonds. The Balaban J connectivity index is 1.60. The second kappa shape index (κ2) is 12.6. The van der Waals surface area contributed by atoms with Crippen LogP contribution in [0.25, 0.3) is 17.1 Å². The van der Waals surface area contributed by atoms with Gasteiger partial charge >= 0.3 is 0 Å². The predicted octanol–water partition coefficient (Wildman–Crippen LogP) is 4.10. The first-order chi connectivity index (χ1) is 22.9. The van der Waals surface area contributed by atoms with Crippen molar-refractivity contribution < 1.29 is 23.9 Å². The van der Waals surface area contributed by atoms with Gasteiger partial charge in [-0.05, 0) is 26.2 Å². The molecule has 2 aromatic heterocycles. The monoisotopic (exact) mass is 561 g/mol. The van der Waals surface area contributed by atoms with Crippen LogP contribution in [-0.4, -0.2) is 78.1 Å². The fourth-order valence-electron chi connectivity index (χ4n) is 4.19. The number of anilines is 4. The molecule has 0 aliphatic carbocycles. The van der Waals surface area contributed by atoms with E-state index >= 15 is 0 Å². The van der Waals surface area contributed by atoms with Gasteiger partial charge in [-0.3, -0.25) is 4.79 Å². The van der Waals surface area contributed by atoms with E-state index in [0.29, 0.717) is 43.4 Å². The summed E-state index contributed by atoms with van der Waals surface area (Å²) in [6.45, 7) is 4.65. The largest absolute Gasteiger partial charge is 0.494 e. The van der Waals surface area contributed by atoms with Gasteiger partial charge in [0.2, 0.25) is 11.9 Å². The number of hydrogen-bond donors (Lipinski definition) is 2. The smallest absolute Gasteiger partial charge is 0.247 e. The fraction of sp³-hybridized carbons (Fsp3) is 0.267. The second-order valence-corrected chi connectivity index (χ2v) is 9.10. The molecule has 1 atom stereocenters. The topological polar surface area (TPSA) is 110 Å². The molecule has 1 aliphatic heterocycles. The average Bonchev–Trinajstić information content (AvgIpc) is 3.42. The molecule has 0 saturated carbocycles. The van der Waals surface area contributed by atoms with E-state index in [1.807, 2.05) is 0 Å². The summed E-state index contributed by atoms with van der Waals surface area (Å²) in [5, 5.41) is 10.4. The van der Waals surface area contributed by atoms with Crippen molar-refractivity contribution in [3.05, 3.63) is 79.0 Å². The standard InChI is InChI=1S/C30H34N8O3/c1-5-28(39)32-23-17-24(26(40-4)18-25(23)37-13-15-41-16-14-37)33-30-31-12-11-27(34-30)38-20-22(19-36(2)3)29(35-38)21-9-7-6-8-10-21/h5-12,17-18,20H,1,13-16,19H2,2-4H3,(H,32,39)(H,31,33,34)/i6D,7D,8D,9D,10D,19D,20D. The third-order valence-corrected chi connectivity index (χ3v) is 6.02. The van der Waals surface area contributed by atoms with Crippen molar-refractivity contribution in [3.63, 3.8) is 0 Å². The number of carbonyl (C=O) groups excluding carboxylic acids is 1. The highest BCUT2D eigenvalue weighted by Gasteiger charge is 2.20. The number of aromatic nitrogens is 4. The number of rotatable bonds is 10. The van der Waals surface area contributed by atoms with E-state index in [1.165, 1.54) is 30.3 Å². The Morgan fingerprint density at radius 2 is 2.02 bits per heavy atom. The van der Waals surface area contributed by atoms with Gasteiger partial charge in [-0.25, -0.2) is 9.67 Å². The van der Waals surface area contributed by atoms with E-state index < -0.39 is 42.6 Å². The number of amides is 1. The molecule has 0 bridgehead atoms. The van der Waals surface area contributed by atoms with Crippen molar-refractivity contribution in [2.75, 3.05) is 63.0 Å². The summed E-state index contributed by atoms with van der Waals surface area (Å²) in [6.07, 6.45) is 2.33. The molecule has 0 radical (unpaired) electrons. The highest BCUT2D eigenvalue weighted by molar-refractivity contribution is 6.02. The highest BCUT2D eigenvalue weighted by atomic mass is 16.5. The van der Waals surface area contributed by atoms with Crippen molar-refractivity contribution >= 4 is 28.9 Å². The molecule has 3 heterocycles. The normalized spacial score (nSPS) is 16.4. The van der Waals surface area contributed by atoms with Crippen LogP contribution in [0.1, 0.15) is 15.2 Å². The minimum Gasteiger partial charge on any atom is -0.494 e. The average molecular weight is 562 g/mol. The summed E-state index contributed by atoms with van der Waals surface area (Å²) >= 11 is 0. The number of carbonyl (C=O) groups is 1. The fourth-order valence-corrected chi connectivity index (χ4v) is 4.19. The van der Waals surface area contributed by atoms with Crippen LogP contribution in [0.3, 0.4) is 0 Å². The third kappa shape index (κ3) is 6.53. The molecule has 0 spiro atoms. The van der Waals surface area contributed by atoms with E-state index in [2.05, 4.69) is 37.2 Å². The zero-order chi connectivity index (χ0) is 34.9. The van der Waals surface area contributed by atoms with E-state index in [1.54, 1.807) is 26.2 Å². The van der Waals surface area contributed by atoms with Crippen LogP contribution in [-0.2, 0) is 16.1 Å². The van der Waals surface area contributed by atoms with Crippen LogP contribution in [0.2, 0.25) is 0 Å². The number of hydrogen-bond acceptors (Lipinski definition) is 9. The number of benzene rings is 2. The van der Waals surface area contributed by atoms with Gasteiger partial charge in [-0.1, -0.05) is 36.8 Å². The van der Waals surface area contributed by atoms with Gasteiger partial charge in [0.15, 0.2) is 5.82 Å². The summed E-state index contributed by atoms with van der Waals surface area (Å²) in [5.41, 5.74) is 1.31. The zero-order valence-corrected chi connectivity index (χ0v) is 22.9. The van der Waals surface area contributed by atoms with Crippen LogP contribution >= 0.6 is 0 Å². The first kappa shape index (κ1) is 20.2. The van der Waals surface area contributed by atoms with Crippen LogP contribution in [0, 0.1) is 0 Å².